The summed E-state index contributed by atoms with van der Waals surface area (Å²) in [7, 11) is -0.133. The number of hydrogen-bond acceptors (Lipinski definition) is 13. The average Bonchev–Trinajstić information content (AvgIpc) is 3.38. The fraction of sp³-hybridized carbons (Fsp3) is 0.333. The fourth-order valence-electron chi connectivity index (χ4n) is 4.87. The lowest BCUT2D eigenvalue weighted by Gasteiger charge is -2.19. The largest absolute Gasteiger partial charge is 0.490 e. The van der Waals surface area contributed by atoms with Crippen LogP contribution in [0.15, 0.2) is 52.4 Å². The molecule has 1 aliphatic heterocycles. The van der Waals surface area contributed by atoms with Gasteiger partial charge in [0.05, 0.1) is 31.5 Å². The number of methoxy groups -OCH3 is 3. The molecule has 1 aliphatic carbocycles. The van der Waals surface area contributed by atoms with E-state index in [-0.39, 0.29) is 58.3 Å². The van der Waals surface area contributed by atoms with Gasteiger partial charge in [-0.15, -0.1) is 11.4 Å². The van der Waals surface area contributed by atoms with Crippen LogP contribution in [0.3, 0.4) is 0 Å². The van der Waals surface area contributed by atoms with Crippen molar-refractivity contribution in [2.45, 2.75) is 43.6 Å². The summed E-state index contributed by atoms with van der Waals surface area (Å²) in [6.45, 7) is 2.04. The Bertz CT molecular complexity index is 1970. The predicted octanol–water partition coefficient (Wildman–Crippen LogP) is 4.05. The molecule has 0 fully saturated rings. The molecule has 1 aromatic heterocycles. The molecule has 3 aromatic rings. The zero-order valence-corrected chi connectivity index (χ0v) is 30.0. The highest BCUT2D eigenvalue weighted by atomic mass is 35.5. The second-order valence-electron chi connectivity index (χ2n) is 10.8. The van der Waals surface area contributed by atoms with Gasteiger partial charge in [-0.25, -0.2) is 27.2 Å². The number of hydrogen-bond donors (Lipinski definition) is 2. The van der Waals surface area contributed by atoms with Crippen LogP contribution in [0.1, 0.15) is 32.6 Å². The van der Waals surface area contributed by atoms with Crippen molar-refractivity contribution in [1.29, 1.82) is 0 Å². The van der Waals surface area contributed by atoms with E-state index >= 15 is 0 Å². The van der Waals surface area contributed by atoms with E-state index in [1.54, 1.807) is 13.0 Å². The first-order valence-corrected chi connectivity index (χ1v) is 17.3. The Morgan fingerprint density at radius 1 is 1.00 bits per heavy atom. The molecule has 4 amide bonds. The Kier molecular flexibility index (Phi) is 13.3. The number of rotatable bonds is 12. The lowest BCUT2D eigenvalue weighted by molar-refractivity contribution is -0.120. The van der Waals surface area contributed by atoms with E-state index in [0.717, 1.165) is 23.8 Å². The summed E-state index contributed by atoms with van der Waals surface area (Å²) in [5, 5.41) is 2.20. The number of urea groups is 1. The third-order valence-corrected chi connectivity index (χ3v) is 8.93. The number of sulfonamides is 1. The maximum Gasteiger partial charge on any atom is 0.335 e. The highest BCUT2D eigenvalue weighted by Crippen LogP contribution is 2.39. The number of aromatic nitrogens is 3. The molecule has 1 unspecified atom stereocenters. The molecule has 0 saturated carbocycles. The van der Waals surface area contributed by atoms with Gasteiger partial charge in [0, 0.05) is 24.3 Å². The van der Waals surface area contributed by atoms with Gasteiger partial charge in [0.2, 0.25) is 5.95 Å². The molecule has 52 heavy (non-hydrogen) atoms. The topological polar surface area (TPSA) is 197 Å². The molecular weight excluding hydrogens is 727 g/mol. The van der Waals surface area contributed by atoms with E-state index in [1.165, 1.54) is 45.6 Å². The second-order valence-corrected chi connectivity index (χ2v) is 12.8. The second kappa shape index (κ2) is 17.6. The number of nitrogens with zero attached hydrogens (tertiary/aromatic N) is 4. The van der Waals surface area contributed by atoms with Gasteiger partial charge in [-0.2, -0.15) is 9.97 Å². The number of halogens is 2. The third kappa shape index (κ3) is 9.42. The molecule has 19 heteroatoms. The first kappa shape index (κ1) is 39.3. The Hall–Kier alpha value is -5.51. The van der Waals surface area contributed by atoms with Crippen molar-refractivity contribution >= 4 is 51.1 Å². The molecular formula is C33H34ClFN6O10S. The van der Waals surface area contributed by atoms with E-state index in [2.05, 4.69) is 26.2 Å². The van der Waals surface area contributed by atoms with Gasteiger partial charge in [0.15, 0.2) is 6.10 Å². The van der Waals surface area contributed by atoms with Crippen LogP contribution in [0.4, 0.5) is 20.8 Å². The van der Waals surface area contributed by atoms with Gasteiger partial charge in [0.1, 0.15) is 28.8 Å². The highest BCUT2D eigenvalue weighted by Gasteiger charge is 2.41. The van der Waals surface area contributed by atoms with Crippen LogP contribution in [-0.4, -0.2) is 81.9 Å². The van der Waals surface area contributed by atoms with E-state index in [0.29, 0.717) is 24.0 Å². The predicted molar refractivity (Wildman–Crippen MR) is 184 cm³/mol. The molecule has 16 nitrogen and oxygen atoms in total. The fourth-order valence-corrected chi connectivity index (χ4v) is 6.12. The first-order valence-electron chi connectivity index (χ1n) is 15.4. The number of imide groups is 1. The zero-order chi connectivity index (χ0) is 38.0. The van der Waals surface area contributed by atoms with E-state index in [1.807, 2.05) is 4.72 Å². The van der Waals surface area contributed by atoms with Gasteiger partial charge in [-0.1, -0.05) is 29.7 Å². The number of benzene rings is 2. The first-order chi connectivity index (χ1) is 24.8. The molecule has 2 aliphatic rings. The molecule has 5 rings (SSSR count). The van der Waals surface area contributed by atoms with Gasteiger partial charge >= 0.3 is 18.1 Å². The van der Waals surface area contributed by atoms with Crippen LogP contribution in [-0.2, 0) is 24.3 Å². The monoisotopic (exact) mass is 760 g/mol. The van der Waals surface area contributed by atoms with Crippen molar-refractivity contribution in [2.75, 3.05) is 44.8 Å². The maximum absolute atomic E-state index is 14.4. The molecule has 0 bridgehead atoms. The van der Waals surface area contributed by atoms with Gasteiger partial charge in [0.25, 0.3) is 21.8 Å². The van der Waals surface area contributed by atoms with Crippen molar-refractivity contribution in [3.8, 4) is 35.9 Å². The number of anilines is 2. The molecule has 2 heterocycles. The molecule has 1 atom stereocenters. The van der Waals surface area contributed by atoms with Gasteiger partial charge < -0.3 is 23.7 Å². The minimum absolute atomic E-state index is 0.0233. The molecule has 0 spiro atoms. The number of terminal acetylenes is 1. The molecule has 276 valence electrons. The smallest absolute Gasteiger partial charge is 0.335 e. The minimum atomic E-state index is -4.24. The number of ether oxygens (including phenoxy) is 5. The van der Waals surface area contributed by atoms with Gasteiger partial charge in [-0.05, 0) is 50.8 Å². The van der Waals surface area contributed by atoms with Crippen LogP contribution < -0.4 is 33.9 Å². The van der Waals surface area contributed by atoms with Crippen LogP contribution in [0.2, 0.25) is 5.02 Å². The average molecular weight is 761 g/mol. The van der Waals surface area contributed by atoms with Gasteiger partial charge in [-0.3, -0.25) is 14.9 Å². The Labute approximate surface area is 303 Å². The van der Waals surface area contributed by atoms with Crippen LogP contribution in [0, 0.1) is 18.2 Å². The minimum Gasteiger partial charge on any atom is -0.490 e. The Balaban J connectivity index is 0.000000235. The molecule has 0 saturated heterocycles. The number of carbonyl (C=O) groups excluding carboxylic acids is 3. The number of amides is 4. The molecule has 2 N–H and O–H groups in total. The van der Waals surface area contributed by atoms with Crippen LogP contribution in [0.25, 0.3) is 0 Å². The van der Waals surface area contributed by atoms with Crippen molar-refractivity contribution in [2.24, 2.45) is 0 Å². The summed E-state index contributed by atoms with van der Waals surface area (Å²) in [5.74, 6) is 0.617. The summed E-state index contributed by atoms with van der Waals surface area (Å²) >= 11 is 5.97. The number of carbonyl (C=O) groups is 3. The highest BCUT2D eigenvalue weighted by molar-refractivity contribution is 7.90. The third-order valence-electron chi connectivity index (χ3n) is 7.27. The lowest BCUT2D eigenvalue weighted by Crippen LogP contribution is -2.35. The number of nitrogens with one attached hydrogen (secondary N) is 2. The summed E-state index contributed by atoms with van der Waals surface area (Å²) in [4.78, 5) is 49.2. The summed E-state index contributed by atoms with van der Waals surface area (Å²) < 4.78 is 66.7. The quantitative estimate of drug-likeness (QED) is 0.153. The van der Waals surface area contributed by atoms with E-state index in [9.17, 15) is 27.2 Å². The van der Waals surface area contributed by atoms with E-state index in [4.69, 9.17) is 41.7 Å². The van der Waals surface area contributed by atoms with Crippen molar-refractivity contribution < 1.29 is 50.9 Å². The molecule has 0 radical (unpaired) electrons. The van der Waals surface area contributed by atoms with Crippen LogP contribution >= 0.6 is 11.6 Å². The lowest BCUT2D eigenvalue weighted by atomic mass is 9.93. The Morgan fingerprint density at radius 3 is 2.19 bits per heavy atom. The van der Waals surface area contributed by atoms with E-state index < -0.39 is 39.8 Å². The van der Waals surface area contributed by atoms with Crippen molar-refractivity contribution in [3.05, 3.63) is 58.4 Å². The van der Waals surface area contributed by atoms with Crippen molar-refractivity contribution in [1.82, 2.24) is 19.7 Å². The maximum atomic E-state index is 14.4. The SMILES string of the molecule is C#CC(C)Oc1cc(N2C(=O)C3=C(CCCC3)C2=O)c(F)cc1Cl.COCCOc1ccccc1S(=O)(=O)NC(=O)Nc1nc(OC)nc(OC)n1. The van der Waals surface area contributed by atoms with Crippen LogP contribution in [0.5, 0.6) is 23.5 Å². The Morgan fingerprint density at radius 2 is 1.62 bits per heavy atom. The summed E-state index contributed by atoms with van der Waals surface area (Å²) in [6.07, 6.45) is 7.47. The summed E-state index contributed by atoms with van der Waals surface area (Å²) in [5.41, 5.74) is 0.808. The standard InChI is InChI=1S/C18H15ClFNO3.C15H19N5O7S/c1-3-10(2)24-16-9-15(14(20)8-13(16)19)21-17(22)11-6-4-5-7-12(11)18(21)23;1-24-8-9-27-10-6-4-5-7-11(10)28(22,23)20-13(21)16-12-17-14(25-2)19-15(18-12)26-3/h1,8-10H,4-7H2,2H3;4-7H,8-9H2,1-3H3,(H2,16,17,18,19,20,21). The number of para-hydroxylation sites is 1. The summed E-state index contributed by atoms with van der Waals surface area (Å²) in [6, 6.07) is 6.79. The normalized spacial score (nSPS) is 14.4. The zero-order valence-electron chi connectivity index (χ0n) is 28.4. The van der Waals surface area contributed by atoms with Crippen molar-refractivity contribution in [3.63, 3.8) is 0 Å². The molecule has 2 aromatic carbocycles.